The molecule has 0 bridgehead atoms. The van der Waals surface area contributed by atoms with Gasteiger partial charge in [0, 0.05) is 32.0 Å². The molecule has 9 rings (SSSR count). The van der Waals surface area contributed by atoms with E-state index in [0.29, 0.717) is 74.1 Å². The number of hydrogen-bond acceptors (Lipinski definition) is 14. The van der Waals surface area contributed by atoms with Crippen LogP contribution in [0.15, 0.2) is 81.9 Å². The lowest BCUT2D eigenvalue weighted by Crippen LogP contribution is -2.32. The second kappa shape index (κ2) is 19.5. The SMILES string of the molecule is Cc1ncc(-c2ccc(C(=O)Nc3nc4cc(C=O)ccc4n3CC(C)(C)O)s2)o1.Cc1ncc(-c2ccc(C(=O)Nc3nc4cc(CN(C)C5CCCCC5)ccc4n3CC(C)(C)O)s2)o1. The number of carbonyl (C=O) groups is 3. The van der Waals surface area contributed by atoms with Crippen LogP contribution in [0.5, 0.6) is 0 Å². The smallest absolute Gasteiger partial charge is 0.268 e. The molecule has 6 heterocycles. The van der Waals surface area contributed by atoms with Crippen molar-refractivity contribution < 1.29 is 33.4 Å². The molecule has 0 atom stereocenters. The molecule has 2 aromatic carbocycles. The highest BCUT2D eigenvalue weighted by Crippen LogP contribution is 2.32. The van der Waals surface area contributed by atoms with E-state index in [1.165, 1.54) is 60.3 Å². The number of hydrogen-bond donors (Lipinski definition) is 4. The summed E-state index contributed by atoms with van der Waals surface area (Å²) < 4.78 is 14.7. The summed E-state index contributed by atoms with van der Waals surface area (Å²) in [6.45, 7) is 11.8. The van der Waals surface area contributed by atoms with Gasteiger partial charge in [-0.1, -0.05) is 25.3 Å². The molecule has 0 radical (unpaired) electrons. The summed E-state index contributed by atoms with van der Waals surface area (Å²) in [5.74, 6) is 2.52. The molecule has 18 heteroatoms. The van der Waals surface area contributed by atoms with Crippen LogP contribution >= 0.6 is 22.7 Å². The number of carbonyl (C=O) groups excluding carboxylic acids is 3. The fourth-order valence-electron chi connectivity index (χ4n) is 8.18. The zero-order valence-corrected chi connectivity index (χ0v) is 40.3. The molecule has 8 aromatic rings. The van der Waals surface area contributed by atoms with E-state index in [-0.39, 0.29) is 18.4 Å². The zero-order chi connectivity index (χ0) is 47.6. The molecule has 1 saturated carbocycles. The average Bonchev–Trinajstić information content (AvgIpc) is 4.15. The first-order valence-corrected chi connectivity index (χ1v) is 23.8. The van der Waals surface area contributed by atoms with E-state index < -0.39 is 11.2 Å². The van der Waals surface area contributed by atoms with Gasteiger partial charge in [-0.2, -0.15) is 0 Å². The number of imidazole rings is 2. The summed E-state index contributed by atoms with van der Waals surface area (Å²) in [5, 5.41) is 26.7. The number of anilines is 2. The van der Waals surface area contributed by atoms with Gasteiger partial charge in [0.25, 0.3) is 11.8 Å². The molecule has 1 aliphatic rings. The van der Waals surface area contributed by atoms with Crippen molar-refractivity contribution in [3.05, 3.63) is 106 Å². The minimum absolute atomic E-state index is 0.215. The third-order valence-electron chi connectivity index (χ3n) is 11.3. The Morgan fingerprint density at radius 2 is 1.24 bits per heavy atom. The van der Waals surface area contributed by atoms with Crippen LogP contribution < -0.4 is 10.6 Å². The van der Waals surface area contributed by atoms with Crippen LogP contribution in [0.3, 0.4) is 0 Å². The molecule has 2 amide bonds. The fourth-order valence-corrected chi connectivity index (χ4v) is 9.87. The number of rotatable bonds is 14. The van der Waals surface area contributed by atoms with Crippen molar-refractivity contribution in [3.8, 4) is 21.3 Å². The predicted molar refractivity (Wildman–Crippen MR) is 261 cm³/mol. The number of aryl methyl sites for hydroxylation is 2. The summed E-state index contributed by atoms with van der Waals surface area (Å²) >= 11 is 2.62. The molecule has 0 saturated heterocycles. The van der Waals surface area contributed by atoms with E-state index in [4.69, 9.17) is 13.8 Å². The summed E-state index contributed by atoms with van der Waals surface area (Å²) in [6, 6.07) is 19.1. The third kappa shape index (κ3) is 11.5. The Hall–Kier alpha value is -6.31. The molecular weight excluding hydrogens is 891 g/mol. The largest absolute Gasteiger partial charge is 0.440 e. The van der Waals surface area contributed by atoms with Crippen molar-refractivity contribution in [2.45, 2.75) is 111 Å². The first kappa shape index (κ1) is 47.2. The van der Waals surface area contributed by atoms with Crippen LogP contribution in [0.2, 0.25) is 0 Å². The quantitative estimate of drug-likeness (QED) is 0.0752. The number of thiophene rings is 2. The minimum Gasteiger partial charge on any atom is -0.440 e. The van der Waals surface area contributed by atoms with E-state index in [0.717, 1.165) is 33.6 Å². The van der Waals surface area contributed by atoms with Gasteiger partial charge in [-0.25, -0.2) is 19.9 Å². The van der Waals surface area contributed by atoms with Crippen LogP contribution in [0.1, 0.15) is 107 Å². The highest BCUT2D eigenvalue weighted by molar-refractivity contribution is 7.17. The van der Waals surface area contributed by atoms with Crippen molar-refractivity contribution in [1.29, 1.82) is 0 Å². The number of oxazole rings is 2. The lowest BCUT2D eigenvalue weighted by atomic mass is 9.94. The molecule has 350 valence electrons. The van der Waals surface area contributed by atoms with Gasteiger partial charge in [0.1, 0.15) is 6.29 Å². The maximum absolute atomic E-state index is 13.2. The Kier molecular flexibility index (Phi) is 13.7. The second-order valence-electron chi connectivity index (χ2n) is 18.3. The van der Waals surface area contributed by atoms with Crippen LogP contribution in [0.25, 0.3) is 43.3 Å². The molecule has 6 aromatic heterocycles. The van der Waals surface area contributed by atoms with Gasteiger partial charge in [-0.05, 0) is 108 Å². The molecule has 0 aliphatic heterocycles. The molecule has 1 aliphatic carbocycles. The van der Waals surface area contributed by atoms with Crippen molar-refractivity contribution >= 4 is 74.7 Å². The van der Waals surface area contributed by atoms with Gasteiger partial charge < -0.3 is 28.2 Å². The van der Waals surface area contributed by atoms with Gasteiger partial charge in [0.15, 0.2) is 23.3 Å². The summed E-state index contributed by atoms with van der Waals surface area (Å²) in [7, 11) is 2.20. The Morgan fingerprint density at radius 3 is 1.70 bits per heavy atom. The van der Waals surface area contributed by atoms with Gasteiger partial charge in [0.05, 0.1) is 78.3 Å². The number of aromatic nitrogens is 6. The summed E-state index contributed by atoms with van der Waals surface area (Å²) in [4.78, 5) is 59.7. The van der Waals surface area contributed by atoms with Crippen molar-refractivity contribution in [3.63, 3.8) is 0 Å². The molecular formula is C49H55N9O7S2. The van der Waals surface area contributed by atoms with Crippen molar-refractivity contribution in [2.75, 3.05) is 17.7 Å². The fraction of sp³-hybridized carbons (Fsp3) is 0.367. The Labute approximate surface area is 395 Å². The van der Waals surface area contributed by atoms with E-state index in [1.54, 1.807) is 94.9 Å². The highest BCUT2D eigenvalue weighted by Gasteiger charge is 2.25. The molecule has 0 spiro atoms. The minimum atomic E-state index is -1.03. The molecule has 1 fully saturated rings. The summed E-state index contributed by atoms with van der Waals surface area (Å²) in [6.07, 6.45) is 10.5. The van der Waals surface area contributed by atoms with Crippen LogP contribution in [0, 0.1) is 13.8 Å². The van der Waals surface area contributed by atoms with Crippen LogP contribution in [-0.4, -0.2) is 86.6 Å². The monoisotopic (exact) mass is 945 g/mol. The lowest BCUT2D eigenvalue weighted by Gasteiger charge is -2.31. The Bertz CT molecular complexity index is 3040. The Balaban J connectivity index is 0.000000186. The second-order valence-corrected chi connectivity index (χ2v) is 20.5. The van der Waals surface area contributed by atoms with Crippen LogP contribution in [-0.2, 0) is 19.6 Å². The van der Waals surface area contributed by atoms with Gasteiger partial charge >= 0.3 is 0 Å². The number of aliphatic hydroxyl groups is 2. The summed E-state index contributed by atoms with van der Waals surface area (Å²) in [5.41, 5.74) is 2.62. The van der Waals surface area contributed by atoms with Crippen molar-refractivity contribution in [2.24, 2.45) is 0 Å². The third-order valence-corrected chi connectivity index (χ3v) is 13.5. The maximum Gasteiger partial charge on any atom is 0.268 e. The molecule has 4 N–H and O–H groups in total. The highest BCUT2D eigenvalue weighted by atomic mass is 32.1. The first-order valence-electron chi connectivity index (χ1n) is 22.2. The van der Waals surface area contributed by atoms with E-state index in [1.807, 2.05) is 16.7 Å². The lowest BCUT2D eigenvalue weighted by molar-refractivity contribution is 0.0625. The maximum atomic E-state index is 13.2. The predicted octanol–water partition coefficient (Wildman–Crippen LogP) is 9.75. The zero-order valence-electron chi connectivity index (χ0n) is 38.6. The van der Waals surface area contributed by atoms with Gasteiger partial charge in [0.2, 0.25) is 11.9 Å². The first-order chi connectivity index (χ1) is 31.9. The topological polar surface area (TPSA) is 207 Å². The van der Waals surface area contributed by atoms with E-state index in [9.17, 15) is 24.6 Å². The number of amides is 2. The molecule has 16 nitrogen and oxygen atoms in total. The van der Waals surface area contributed by atoms with E-state index in [2.05, 4.69) is 49.7 Å². The number of aldehydes is 1. The van der Waals surface area contributed by atoms with Crippen LogP contribution in [0.4, 0.5) is 11.9 Å². The standard InChI is InChI=1S/C28H35N5O3S.C21H20N4O4S/c1-18-29-15-23(36-18)24-12-13-25(37-24)26(34)31-27-30-21-14-19(16-32(4)20-8-6-5-7-9-20)10-11-22(21)33(27)17-28(2,3)35;1-12-22-9-16(29-12)17-6-7-18(30-17)19(27)24-20-23-14-8-13(10-26)4-5-15(14)25(20)11-21(2,3)28/h10-15,20,35H,5-9,16-17H2,1-4H3,(H,30,31,34);4-10,28H,11H2,1-3H3,(H,23,24,27). The number of nitrogens with zero attached hydrogens (tertiary/aromatic N) is 7. The average molecular weight is 946 g/mol. The normalized spacial score (nSPS) is 13.6. The van der Waals surface area contributed by atoms with Gasteiger partial charge in [-0.15, -0.1) is 22.7 Å². The molecule has 67 heavy (non-hydrogen) atoms. The van der Waals surface area contributed by atoms with Crippen molar-refractivity contribution in [1.82, 2.24) is 34.0 Å². The Morgan fingerprint density at radius 1 is 0.746 bits per heavy atom. The number of benzene rings is 2. The molecule has 0 unspecified atom stereocenters. The number of nitrogens with one attached hydrogen (secondary N) is 2. The van der Waals surface area contributed by atoms with E-state index >= 15 is 0 Å². The number of fused-ring (bicyclic) bond motifs is 2. The van der Waals surface area contributed by atoms with Gasteiger partial charge in [-0.3, -0.25) is 29.9 Å².